The number of rotatable bonds is 2. The van der Waals surface area contributed by atoms with E-state index in [2.05, 4.69) is 48.0 Å². The molecule has 4 heteroatoms. The standard InChI is InChI=1S/C16H19BrN2S/c1-3-14-10(2)20-15(19-14)16(18)7-6-11-8-13(17)5-4-12(11)9-16/h4-5,8H,3,6-7,9,18H2,1-2H3. The van der Waals surface area contributed by atoms with Gasteiger partial charge in [-0.3, -0.25) is 0 Å². The van der Waals surface area contributed by atoms with E-state index in [1.54, 1.807) is 11.3 Å². The molecule has 1 heterocycles. The van der Waals surface area contributed by atoms with Gasteiger partial charge in [0.05, 0.1) is 11.2 Å². The van der Waals surface area contributed by atoms with Crippen molar-refractivity contribution in [2.75, 3.05) is 0 Å². The SMILES string of the molecule is CCc1nc(C2(N)CCc3cc(Br)ccc3C2)sc1C. The molecular weight excluding hydrogens is 332 g/mol. The zero-order valence-electron chi connectivity index (χ0n) is 11.9. The van der Waals surface area contributed by atoms with Gasteiger partial charge < -0.3 is 5.73 Å². The number of hydrogen-bond acceptors (Lipinski definition) is 3. The minimum absolute atomic E-state index is 0.288. The van der Waals surface area contributed by atoms with Crippen LogP contribution in [0.25, 0.3) is 0 Å². The van der Waals surface area contributed by atoms with Crippen molar-refractivity contribution in [2.45, 2.75) is 45.1 Å². The summed E-state index contributed by atoms with van der Waals surface area (Å²) in [5.74, 6) is 0. The van der Waals surface area contributed by atoms with E-state index in [0.717, 1.165) is 35.2 Å². The predicted octanol–water partition coefficient (Wildman–Crippen LogP) is 4.12. The second-order valence-corrected chi connectivity index (χ2v) is 7.74. The molecule has 2 nitrogen and oxygen atoms in total. The van der Waals surface area contributed by atoms with E-state index in [-0.39, 0.29) is 5.54 Å². The van der Waals surface area contributed by atoms with Crippen LogP contribution in [0.1, 0.15) is 40.1 Å². The molecule has 0 aliphatic heterocycles. The lowest BCUT2D eigenvalue weighted by Crippen LogP contribution is -2.42. The van der Waals surface area contributed by atoms with Crippen molar-refractivity contribution < 1.29 is 0 Å². The summed E-state index contributed by atoms with van der Waals surface area (Å²) in [7, 11) is 0. The highest BCUT2D eigenvalue weighted by Crippen LogP contribution is 2.38. The maximum Gasteiger partial charge on any atom is 0.113 e. The Labute approximate surface area is 132 Å². The van der Waals surface area contributed by atoms with Crippen molar-refractivity contribution >= 4 is 27.3 Å². The van der Waals surface area contributed by atoms with E-state index >= 15 is 0 Å². The Kier molecular flexibility index (Phi) is 3.73. The lowest BCUT2D eigenvalue weighted by Gasteiger charge is -2.33. The van der Waals surface area contributed by atoms with Gasteiger partial charge in [-0.05, 0) is 55.9 Å². The van der Waals surface area contributed by atoms with Gasteiger partial charge in [-0.25, -0.2) is 4.98 Å². The van der Waals surface area contributed by atoms with Crippen molar-refractivity contribution in [2.24, 2.45) is 5.73 Å². The Hall–Kier alpha value is -0.710. The molecule has 106 valence electrons. The molecule has 0 spiro atoms. The van der Waals surface area contributed by atoms with E-state index in [1.807, 2.05) is 0 Å². The van der Waals surface area contributed by atoms with E-state index < -0.39 is 0 Å². The van der Waals surface area contributed by atoms with Crippen LogP contribution in [0.15, 0.2) is 22.7 Å². The van der Waals surface area contributed by atoms with Crippen molar-refractivity contribution in [3.63, 3.8) is 0 Å². The van der Waals surface area contributed by atoms with Crippen LogP contribution >= 0.6 is 27.3 Å². The number of aryl methyl sites for hydroxylation is 3. The molecule has 2 N–H and O–H groups in total. The number of fused-ring (bicyclic) bond motifs is 1. The second-order valence-electron chi connectivity index (χ2n) is 5.62. The molecule has 20 heavy (non-hydrogen) atoms. The molecule has 0 saturated heterocycles. The van der Waals surface area contributed by atoms with Gasteiger partial charge >= 0.3 is 0 Å². The largest absolute Gasteiger partial charge is 0.319 e. The summed E-state index contributed by atoms with van der Waals surface area (Å²) < 4.78 is 1.15. The summed E-state index contributed by atoms with van der Waals surface area (Å²) in [5, 5.41) is 1.11. The summed E-state index contributed by atoms with van der Waals surface area (Å²) in [4.78, 5) is 6.11. The normalized spacial score (nSPS) is 21.8. The van der Waals surface area contributed by atoms with Gasteiger partial charge in [0.2, 0.25) is 0 Å². The number of benzene rings is 1. The third-order valence-corrected chi connectivity index (χ3v) is 5.89. The molecule has 3 rings (SSSR count). The zero-order valence-corrected chi connectivity index (χ0v) is 14.3. The molecule has 0 radical (unpaired) electrons. The summed E-state index contributed by atoms with van der Waals surface area (Å²) in [5.41, 5.74) is 10.4. The molecule has 1 unspecified atom stereocenters. The summed E-state index contributed by atoms with van der Waals surface area (Å²) in [6.45, 7) is 4.31. The molecule has 0 fully saturated rings. The highest BCUT2D eigenvalue weighted by Gasteiger charge is 2.35. The number of halogens is 1. The average molecular weight is 351 g/mol. The minimum Gasteiger partial charge on any atom is -0.319 e. The van der Waals surface area contributed by atoms with E-state index in [9.17, 15) is 0 Å². The Balaban J connectivity index is 1.96. The first-order valence-electron chi connectivity index (χ1n) is 7.05. The van der Waals surface area contributed by atoms with Gasteiger partial charge in [-0.2, -0.15) is 0 Å². The maximum absolute atomic E-state index is 6.71. The number of aromatic nitrogens is 1. The molecule has 2 aromatic rings. The topological polar surface area (TPSA) is 38.9 Å². The molecule has 1 aliphatic carbocycles. The average Bonchev–Trinajstić information content (AvgIpc) is 2.81. The smallest absolute Gasteiger partial charge is 0.113 e. The summed E-state index contributed by atoms with van der Waals surface area (Å²) >= 11 is 5.32. The van der Waals surface area contributed by atoms with Crippen LogP contribution in [-0.2, 0) is 24.8 Å². The van der Waals surface area contributed by atoms with Crippen LogP contribution in [0.5, 0.6) is 0 Å². The molecule has 0 saturated carbocycles. The molecular formula is C16H19BrN2S. The predicted molar refractivity (Wildman–Crippen MR) is 88.3 cm³/mol. The summed E-state index contributed by atoms with van der Waals surface area (Å²) in [6.07, 6.45) is 3.89. The quantitative estimate of drug-likeness (QED) is 0.884. The molecule has 1 aromatic heterocycles. The fraction of sp³-hybridized carbons (Fsp3) is 0.438. The monoisotopic (exact) mass is 350 g/mol. The first kappa shape index (κ1) is 14.2. The third kappa shape index (κ3) is 2.45. The van der Waals surface area contributed by atoms with Crippen LogP contribution in [0.2, 0.25) is 0 Å². The fourth-order valence-corrected chi connectivity index (χ4v) is 4.48. The van der Waals surface area contributed by atoms with Crippen LogP contribution in [0, 0.1) is 6.92 Å². The molecule has 1 aromatic carbocycles. The number of nitrogens with zero attached hydrogens (tertiary/aromatic N) is 1. The molecule has 0 bridgehead atoms. The van der Waals surface area contributed by atoms with Crippen molar-refractivity contribution in [1.29, 1.82) is 0 Å². The van der Waals surface area contributed by atoms with Gasteiger partial charge in [0.25, 0.3) is 0 Å². The van der Waals surface area contributed by atoms with Crippen molar-refractivity contribution in [1.82, 2.24) is 4.98 Å². The van der Waals surface area contributed by atoms with E-state index in [0.29, 0.717) is 0 Å². The first-order valence-corrected chi connectivity index (χ1v) is 8.66. The lowest BCUT2D eigenvalue weighted by atomic mass is 9.79. The Morgan fingerprint density at radius 2 is 2.20 bits per heavy atom. The molecule has 1 atom stereocenters. The van der Waals surface area contributed by atoms with Gasteiger partial charge in [0, 0.05) is 9.35 Å². The van der Waals surface area contributed by atoms with Crippen molar-refractivity contribution in [3.8, 4) is 0 Å². The third-order valence-electron chi connectivity index (χ3n) is 4.17. The van der Waals surface area contributed by atoms with E-state index in [4.69, 9.17) is 10.7 Å². The molecule has 0 amide bonds. The van der Waals surface area contributed by atoms with Crippen LogP contribution in [0.3, 0.4) is 0 Å². The van der Waals surface area contributed by atoms with Crippen LogP contribution in [-0.4, -0.2) is 4.98 Å². The van der Waals surface area contributed by atoms with Gasteiger partial charge in [0.1, 0.15) is 5.01 Å². The highest BCUT2D eigenvalue weighted by molar-refractivity contribution is 9.10. The fourth-order valence-electron chi connectivity index (χ4n) is 2.94. The zero-order chi connectivity index (χ0) is 14.3. The van der Waals surface area contributed by atoms with Gasteiger partial charge in [-0.15, -0.1) is 11.3 Å². The minimum atomic E-state index is -0.288. The summed E-state index contributed by atoms with van der Waals surface area (Å²) in [6, 6.07) is 6.52. The first-order chi connectivity index (χ1) is 9.51. The van der Waals surface area contributed by atoms with Crippen molar-refractivity contribution in [3.05, 3.63) is 49.4 Å². The lowest BCUT2D eigenvalue weighted by molar-refractivity contribution is 0.383. The number of hydrogen-bond donors (Lipinski definition) is 1. The van der Waals surface area contributed by atoms with Crippen LogP contribution < -0.4 is 5.73 Å². The van der Waals surface area contributed by atoms with Gasteiger partial charge in [0.15, 0.2) is 0 Å². The number of thiazole rings is 1. The highest BCUT2D eigenvalue weighted by atomic mass is 79.9. The molecule has 1 aliphatic rings. The Bertz CT molecular complexity index is 650. The Morgan fingerprint density at radius 1 is 1.40 bits per heavy atom. The second kappa shape index (κ2) is 5.24. The maximum atomic E-state index is 6.71. The van der Waals surface area contributed by atoms with E-state index in [1.165, 1.54) is 21.7 Å². The number of nitrogens with two attached hydrogens (primary N) is 1. The van der Waals surface area contributed by atoms with Crippen LogP contribution in [0.4, 0.5) is 0 Å². The van der Waals surface area contributed by atoms with Gasteiger partial charge in [-0.1, -0.05) is 28.9 Å². The Morgan fingerprint density at radius 3 is 2.90 bits per heavy atom.